The fourth-order valence-corrected chi connectivity index (χ4v) is 4.56. The van der Waals surface area contributed by atoms with Crippen LogP contribution in [-0.4, -0.2) is 32.9 Å². The molecule has 0 saturated heterocycles. The van der Waals surface area contributed by atoms with Crippen molar-refractivity contribution in [2.24, 2.45) is 5.92 Å². The van der Waals surface area contributed by atoms with E-state index in [-0.39, 0.29) is 16.7 Å². The standard InChI is InChI=1S/C21H27N3O3S/c1-15(2)11-22-21(25)23-19-6-8-20(9-7-19)28(26,27)14-16-4-5-17-12-24(3)13-18(17)10-16/h4-10,15H,11-14H2,1-3H3,(H2,22,23,25). The zero-order valence-electron chi connectivity index (χ0n) is 16.5. The normalized spacial score (nSPS) is 14.1. The van der Waals surface area contributed by atoms with Crippen molar-refractivity contribution in [1.82, 2.24) is 10.2 Å². The molecule has 28 heavy (non-hydrogen) atoms. The Labute approximate surface area is 166 Å². The first-order chi connectivity index (χ1) is 13.2. The maximum absolute atomic E-state index is 12.8. The quantitative estimate of drug-likeness (QED) is 0.778. The zero-order valence-corrected chi connectivity index (χ0v) is 17.3. The smallest absolute Gasteiger partial charge is 0.319 e. The number of rotatable bonds is 6. The van der Waals surface area contributed by atoms with Crippen molar-refractivity contribution in [3.63, 3.8) is 0 Å². The second kappa shape index (κ2) is 8.32. The van der Waals surface area contributed by atoms with Gasteiger partial charge in [-0.1, -0.05) is 32.0 Å². The Morgan fingerprint density at radius 2 is 1.75 bits per heavy atom. The third-order valence-corrected chi connectivity index (χ3v) is 6.35. The largest absolute Gasteiger partial charge is 0.338 e. The molecule has 1 aliphatic rings. The highest BCUT2D eigenvalue weighted by Gasteiger charge is 2.19. The predicted octanol–water partition coefficient (Wildman–Crippen LogP) is 3.38. The lowest BCUT2D eigenvalue weighted by molar-refractivity contribution is 0.251. The average molecular weight is 402 g/mol. The lowest BCUT2D eigenvalue weighted by Crippen LogP contribution is -2.31. The van der Waals surface area contributed by atoms with Crippen LogP contribution in [0, 0.1) is 5.92 Å². The molecule has 6 nitrogen and oxygen atoms in total. The van der Waals surface area contributed by atoms with Crippen molar-refractivity contribution in [3.8, 4) is 0 Å². The SMILES string of the molecule is CC(C)CNC(=O)Nc1ccc(S(=O)(=O)Cc2ccc3c(c2)CN(C)C3)cc1. The van der Waals surface area contributed by atoms with Gasteiger partial charge in [0.15, 0.2) is 9.84 Å². The zero-order chi connectivity index (χ0) is 20.3. The monoisotopic (exact) mass is 401 g/mol. The maximum Gasteiger partial charge on any atom is 0.319 e. The van der Waals surface area contributed by atoms with Gasteiger partial charge in [0.05, 0.1) is 10.6 Å². The summed E-state index contributed by atoms with van der Waals surface area (Å²) in [5.74, 6) is 0.323. The van der Waals surface area contributed by atoms with Crippen LogP contribution in [0.5, 0.6) is 0 Å². The first kappa shape index (κ1) is 20.4. The van der Waals surface area contributed by atoms with Gasteiger partial charge in [0.2, 0.25) is 0 Å². The minimum atomic E-state index is -3.45. The predicted molar refractivity (Wildman–Crippen MR) is 111 cm³/mol. The molecule has 2 amide bonds. The molecule has 0 spiro atoms. The van der Waals surface area contributed by atoms with E-state index in [0.717, 1.165) is 18.7 Å². The average Bonchev–Trinajstić information content (AvgIpc) is 2.99. The molecule has 0 aliphatic carbocycles. The van der Waals surface area contributed by atoms with Crippen LogP contribution >= 0.6 is 0 Å². The molecule has 0 unspecified atom stereocenters. The van der Waals surface area contributed by atoms with Gasteiger partial charge in [-0.25, -0.2) is 13.2 Å². The van der Waals surface area contributed by atoms with Gasteiger partial charge in [-0.15, -0.1) is 0 Å². The van der Waals surface area contributed by atoms with Gasteiger partial charge < -0.3 is 10.6 Å². The van der Waals surface area contributed by atoms with E-state index in [1.807, 2.05) is 32.0 Å². The molecule has 0 fully saturated rings. The molecule has 0 aromatic heterocycles. The van der Waals surface area contributed by atoms with Gasteiger partial charge in [-0.05, 0) is 53.9 Å². The highest BCUT2D eigenvalue weighted by atomic mass is 32.2. The van der Waals surface area contributed by atoms with Crippen LogP contribution in [0.4, 0.5) is 10.5 Å². The molecule has 0 bridgehead atoms. The van der Waals surface area contributed by atoms with Crippen molar-refractivity contribution >= 4 is 21.6 Å². The van der Waals surface area contributed by atoms with Gasteiger partial charge >= 0.3 is 6.03 Å². The molecule has 1 heterocycles. The van der Waals surface area contributed by atoms with E-state index in [1.165, 1.54) is 23.3 Å². The molecule has 150 valence electrons. The van der Waals surface area contributed by atoms with Crippen LogP contribution in [0.25, 0.3) is 0 Å². The molecule has 7 heteroatoms. The number of hydrogen-bond acceptors (Lipinski definition) is 4. The summed E-state index contributed by atoms with van der Waals surface area (Å²) >= 11 is 0. The second-order valence-electron chi connectivity index (χ2n) is 7.79. The van der Waals surface area contributed by atoms with E-state index >= 15 is 0 Å². The van der Waals surface area contributed by atoms with Crippen molar-refractivity contribution < 1.29 is 13.2 Å². The van der Waals surface area contributed by atoms with Gasteiger partial charge in [0.25, 0.3) is 0 Å². The minimum Gasteiger partial charge on any atom is -0.338 e. The Bertz CT molecular complexity index is 953. The number of nitrogens with zero attached hydrogens (tertiary/aromatic N) is 1. The number of benzene rings is 2. The van der Waals surface area contributed by atoms with Crippen molar-refractivity contribution in [2.75, 3.05) is 18.9 Å². The number of sulfone groups is 1. The fraction of sp³-hybridized carbons (Fsp3) is 0.381. The summed E-state index contributed by atoms with van der Waals surface area (Å²) in [6.45, 7) is 6.36. The van der Waals surface area contributed by atoms with Crippen LogP contribution in [0.15, 0.2) is 47.4 Å². The molecular weight excluding hydrogens is 374 g/mol. The summed E-state index contributed by atoms with van der Waals surface area (Å²) in [5, 5.41) is 5.47. The maximum atomic E-state index is 12.8. The molecular formula is C21H27N3O3S. The number of anilines is 1. The highest BCUT2D eigenvalue weighted by Crippen LogP contribution is 2.25. The van der Waals surface area contributed by atoms with Crippen molar-refractivity contribution in [1.29, 1.82) is 0 Å². The number of fused-ring (bicyclic) bond motifs is 1. The van der Waals surface area contributed by atoms with E-state index in [0.29, 0.717) is 18.2 Å². The molecule has 0 saturated carbocycles. The van der Waals surface area contributed by atoms with Gasteiger partial charge in [-0.2, -0.15) is 0 Å². The summed E-state index contributed by atoms with van der Waals surface area (Å²) in [6, 6.07) is 11.9. The molecule has 1 aliphatic heterocycles. The van der Waals surface area contributed by atoms with Crippen LogP contribution < -0.4 is 10.6 Å². The van der Waals surface area contributed by atoms with Crippen LogP contribution in [-0.2, 0) is 28.7 Å². The Hall–Kier alpha value is -2.38. The fourth-order valence-electron chi connectivity index (χ4n) is 3.23. The van der Waals surface area contributed by atoms with E-state index in [9.17, 15) is 13.2 Å². The molecule has 2 aromatic rings. The third-order valence-electron chi connectivity index (χ3n) is 4.65. The van der Waals surface area contributed by atoms with E-state index in [4.69, 9.17) is 0 Å². The Kier molecular flexibility index (Phi) is 6.05. The number of carbonyl (C=O) groups is 1. The van der Waals surface area contributed by atoms with E-state index in [1.54, 1.807) is 12.1 Å². The molecule has 0 radical (unpaired) electrons. The topological polar surface area (TPSA) is 78.5 Å². The van der Waals surface area contributed by atoms with Gasteiger partial charge in [-0.3, -0.25) is 4.90 Å². The number of hydrogen-bond donors (Lipinski definition) is 2. The van der Waals surface area contributed by atoms with Crippen molar-refractivity contribution in [2.45, 2.75) is 37.6 Å². The Morgan fingerprint density at radius 1 is 1.07 bits per heavy atom. The third kappa shape index (κ3) is 5.11. The highest BCUT2D eigenvalue weighted by molar-refractivity contribution is 7.90. The number of carbonyl (C=O) groups excluding carboxylic acids is 1. The lowest BCUT2D eigenvalue weighted by Gasteiger charge is -2.10. The van der Waals surface area contributed by atoms with Crippen molar-refractivity contribution in [3.05, 3.63) is 59.2 Å². The first-order valence-electron chi connectivity index (χ1n) is 9.40. The molecule has 3 rings (SSSR count). The summed E-state index contributed by atoms with van der Waals surface area (Å²) in [4.78, 5) is 14.3. The van der Waals surface area contributed by atoms with Crippen LogP contribution in [0.1, 0.15) is 30.5 Å². The lowest BCUT2D eigenvalue weighted by atomic mass is 10.1. The second-order valence-corrected chi connectivity index (χ2v) is 9.78. The first-order valence-corrected chi connectivity index (χ1v) is 11.0. The molecule has 2 N–H and O–H groups in total. The Balaban J connectivity index is 1.66. The summed E-state index contributed by atoms with van der Waals surface area (Å²) in [7, 11) is -1.40. The number of urea groups is 1. The minimum absolute atomic E-state index is 0.0361. The van der Waals surface area contributed by atoms with Gasteiger partial charge in [0, 0.05) is 25.3 Å². The Morgan fingerprint density at radius 3 is 2.43 bits per heavy atom. The molecule has 0 atom stereocenters. The van der Waals surface area contributed by atoms with Crippen LogP contribution in [0.2, 0.25) is 0 Å². The summed E-state index contributed by atoms with van der Waals surface area (Å²) in [5.41, 5.74) is 3.81. The van der Waals surface area contributed by atoms with Crippen LogP contribution in [0.3, 0.4) is 0 Å². The van der Waals surface area contributed by atoms with E-state index < -0.39 is 9.84 Å². The number of amides is 2. The van der Waals surface area contributed by atoms with E-state index in [2.05, 4.69) is 22.6 Å². The summed E-state index contributed by atoms with van der Waals surface area (Å²) in [6.07, 6.45) is 0. The number of nitrogens with one attached hydrogen (secondary N) is 2. The van der Waals surface area contributed by atoms with Gasteiger partial charge in [0.1, 0.15) is 0 Å². The summed E-state index contributed by atoms with van der Waals surface area (Å²) < 4.78 is 25.5. The molecule has 2 aromatic carbocycles.